The molecule has 0 atom stereocenters. The molecule has 0 radical (unpaired) electrons. The van der Waals surface area contributed by atoms with Crippen LogP contribution in [0.15, 0.2) is 53.1 Å². The van der Waals surface area contributed by atoms with Gasteiger partial charge in [-0.25, -0.2) is 0 Å². The second-order valence-corrected chi connectivity index (χ2v) is 7.43. The van der Waals surface area contributed by atoms with Gasteiger partial charge in [0.1, 0.15) is 12.4 Å². The number of aryl methyl sites for hydroxylation is 2. The molecule has 0 aliphatic rings. The van der Waals surface area contributed by atoms with Gasteiger partial charge in [-0.15, -0.1) is 0 Å². The van der Waals surface area contributed by atoms with Crippen LogP contribution in [-0.4, -0.2) is 15.7 Å². The molecule has 1 N–H and O–H groups in total. The van der Waals surface area contributed by atoms with Crippen LogP contribution in [0.4, 0.5) is 0 Å². The molecule has 0 unspecified atom stereocenters. The van der Waals surface area contributed by atoms with Crippen molar-refractivity contribution in [3.05, 3.63) is 80.5 Å². The Kier molecular flexibility index (Phi) is 6.19. The molecule has 5 nitrogen and oxygen atoms in total. The number of ether oxygens (including phenoxy) is 1. The second-order valence-electron chi connectivity index (χ2n) is 6.16. The summed E-state index contributed by atoms with van der Waals surface area (Å²) in [6.45, 7) is 2.76. The number of amides is 1. The number of carbonyl (C=O) groups is 1. The van der Waals surface area contributed by atoms with Gasteiger partial charge in [-0.05, 0) is 58.2 Å². The Morgan fingerprint density at radius 2 is 2.00 bits per heavy atom. The van der Waals surface area contributed by atoms with Gasteiger partial charge in [0.15, 0.2) is 0 Å². The Labute approximate surface area is 171 Å². The number of hydrogen-bond donors (Lipinski definition) is 1. The van der Waals surface area contributed by atoms with E-state index in [-0.39, 0.29) is 5.91 Å². The van der Waals surface area contributed by atoms with Gasteiger partial charge in [-0.3, -0.25) is 9.48 Å². The van der Waals surface area contributed by atoms with Crippen molar-refractivity contribution >= 4 is 33.4 Å². The summed E-state index contributed by atoms with van der Waals surface area (Å²) in [7, 11) is 1.83. The van der Waals surface area contributed by atoms with Crippen molar-refractivity contribution in [1.29, 1.82) is 0 Å². The molecular formula is C20H19BrClN3O2. The van der Waals surface area contributed by atoms with E-state index >= 15 is 0 Å². The van der Waals surface area contributed by atoms with Crippen LogP contribution in [0.25, 0.3) is 0 Å². The second kappa shape index (κ2) is 8.59. The summed E-state index contributed by atoms with van der Waals surface area (Å²) < 4.78 is 8.37. The Morgan fingerprint density at radius 3 is 2.67 bits per heavy atom. The average molecular weight is 449 g/mol. The number of aromatic nitrogens is 2. The summed E-state index contributed by atoms with van der Waals surface area (Å²) in [5.41, 5.74) is 3.54. The normalized spacial score (nSPS) is 10.7. The maximum Gasteiger partial charge on any atom is 0.251 e. The first-order valence-corrected chi connectivity index (χ1v) is 9.53. The molecule has 27 heavy (non-hydrogen) atoms. The molecule has 0 bridgehead atoms. The highest BCUT2D eigenvalue weighted by atomic mass is 79.9. The molecule has 0 saturated heterocycles. The number of hydrogen-bond acceptors (Lipinski definition) is 3. The third kappa shape index (κ3) is 4.90. The molecule has 0 aliphatic heterocycles. The van der Waals surface area contributed by atoms with Gasteiger partial charge in [0.25, 0.3) is 5.91 Å². The van der Waals surface area contributed by atoms with Gasteiger partial charge in [0.05, 0.1) is 27.9 Å². The van der Waals surface area contributed by atoms with Crippen LogP contribution in [0.3, 0.4) is 0 Å². The fraction of sp³-hybridized carbons (Fsp3) is 0.200. The van der Waals surface area contributed by atoms with Crippen LogP contribution >= 0.6 is 27.5 Å². The number of benzene rings is 2. The van der Waals surface area contributed by atoms with E-state index in [4.69, 9.17) is 16.3 Å². The lowest BCUT2D eigenvalue weighted by atomic mass is 10.1. The van der Waals surface area contributed by atoms with Crippen LogP contribution in [-0.2, 0) is 20.2 Å². The molecule has 0 fully saturated rings. The van der Waals surface area contributed by atoms with Gasteiger partial charge in [0.2, 0.25) is 0 Å². The summed E-state index contributed by atoms with van der Waals surface area (Å²) >= 11 is 9.56. The van der Waals surface area contributed by atoms with E-state index in [0.717, 1.165) is 21.3 Å². The van der Waals surface area contributed by atoms with Crippen molar-refractivity contribution in [2.24, 2.45) is 7.05 Å². The van der Waals surface area contributed by atoms with E-state index in [2.05, 4.69) is 26.3 Å². The van der Waals surface area contributed by atoms with E-state index in [1.165, 1.54) is 0 Å². The van der Waals surface area contributed by atoms with E-state index in [1.54, 1.807) is 23.0 Å². The summed E-state index contributed by atoms with van der Waals surface area (Å²) in [5.74, 6) is 0.512. The predicted molar refractivity (Wildman–Crippen MR) is 109 cm³/mol. The first-order chi connectivity index (χ1) is 12.9. The van der Waals surface area contributed by atoms with Crippen molar-refractivity contribution in [2.75, 3.05) is 0 Å². The minimum Gasteiger partial charge on any atom is -0.487 e. The molecule has 0 spiro atoms. The Morgan fingerprint density at radius 1 is 1.26 bits per heavy atom. The maximum absolute atomic E-state index is 12.3. The molecule has 2 aromatic carbocycles. The van der Waals surface area contributed by atoms with Crippen molar-refractivity contribution in [2.45, 2.75) is 20.1 Å². The highest BCUT2D eigenvalue weighted by molar-refractivity contribution is 9.10. The molecule has 0 saturated carbocycles. The molecular weight excluding hydrogens is 430 g/mol. The van der Waals surface area contributed by atoms with Gasteiger partial charge in [-0.2, -0.15) is 5.10 Å². The minimum atomic E-state index is -0.141. The third-order valence-corrected chi connectivity index (χ3v) is 5.10. The molecule has 3 rings (SSSR count). The number of carbonyl (C=O) groups excluding carboxylic acids is 1. The lowest BCUT2D eigenvalue weighted by Crippen LogP contribution is -2.24. The number of nitrogens with zero attached hydrogens (tertiary/aromatic N) is 2. The first-order valence-electron chi connectivity index (χ1n) is 8.36. The van der Waals surface area contributed by atoms with Crippen LogP contribution in [0.2, 0.25) is 5.02 Å². The first kappa shape index (κ1) is 19.5. The number of nitrogens with one attached hydrogen (secondary N) is 1. The van der Waals surface area contributed by atoms with Gasteiger partial charge >= 0.3 is 0 Å². The predicted octanol–water partition coefficient (Wildman–Crippen LogP) is 4.65. The highest BCUT2D eigenvalue weighted by Crippen LogP contribution is 2.26. The van der Waals surface area contributed by atoms with Gasteiger partial charge < -0.3 is 10.1 Å². The Hall–Kier alpha value is -2.31. The molecule has 1 amide bonds. The standard InChI is InChI=1S/C20H19BrClN3O2/c1-13-3-8-17(22)19(9-13)27-12-14-4-6-15(7-5-14)20(26)23-11-18-16(21)10-24-25(18)2/h3-10H,11-12H2,1-2H3,(H,23,26). The van der Waals surface area contributed by atoms with Crippen LogP contribution < -0.4 is 10.1 Å². The molecule has 1 aromatic heterocycles. The number of rotatable bonds is 6. The van der Waals surface area contributed by atoms with E-state index < -0.39 is 0 Å². The van der Waals surface area contributed by atoms with Crippen molar-refractivity contribution in [3.63, 3.8) is 0 Å². The maximum atomic E-state index is 12.3. The summed E-state index contributed by atoms with van der Waals surface area (Å²) in [4.78, 5) is 12.3. The quantitative estimate of drug-likeness (QED) is 0.597. The molecule has 3 aromatic rings. The SMILES string of the molecule is Cc1ccc(Cl)c(OCc2ccc(C(=O)NCc3c(Br)cnn3C)cc2)c1. The number of halogens is 2. The summed E-state index contributed by atoms with van der Waals surface area (Å²) in [6, 6.07) is 13.0. The molecule has 1 heterocycles. The van der Waals surface area contributed by atoms with E-state index in [0.29, 0.717) is 29.5 Å². The van der Waals surface area contributed by atoms with Crippen LogP contribution in [0.1, 0.15) is 27.2 Å². The van der Waals surface area contributed by atoms with Crippen LogP contribution in [0.5, 0.6) is 5.75 Å². The van der Waals surface area contributed by atoms with Crippen LogP contribution in [0, 0.1) is 6.92 Å². The zero-order valence-corrected chi connectivity index (χ0v) is 17.3. The zero-order valence-electron chi connectivity index (χ0n) is 15.0. The minimum absolute atomic E-state index is 0.141. The largest absolute Gasteiger partial charge is 0.487 e. The topological polar surface area (TPSA) is 56.1 Å². The average Bonchev–Trinajstić information content (AvgIpc) is 2.98. The van der Waals surface area contributed by atoms with E-state index in [1.807, 2.05) is 44.3 Å². The summed E-state index contributed by atoms with van der Waals surface area (Å²) in [6.07, 6.45) is 1.71. The van der Waals surface area contributed by atoms with Crippen molar-refractivity contribution in [3.8, 4) is 5.75 Å². The lowest BCUT2D eigenvalue weighted by Gasteiger charge is -2.10. The monoisotopic (exact) mass is 447 g/mol. The highest BCUT2D eigenvalue weighted by Gasteiger charge is 2.10. The summed E-state index contributed by atoms with van der Waals surface area (Å²) in [5, 5.41) is 7.61. The molecule has 0 aliphatic carbocycles. The van der Waals surface area contributed by atoms with Crippen molar-refractivity contribution < 1.29 is 9.53 Å². The van der Waals surface area contributed by atoms with E-state index in [9.17, 15) is 4.79 Å². The fourth-order valence-corrected chi connectivity index (χ4v) is 3.20. The third-order valence-electron chi connectivity index (χ3n) is 4.12. The zero-order chi connectivity index (χ0) is 19.4. The lowest BCUT2D eigenvalue weighted by molar-refractivity contribution is 0.0950. The Balaban J connectivity index is 1.58. The Bertz CT molecular complexity index is 935. The van der Waals surface area contributed by atoms with Crippen molar-refractivity contribution in [1.82, 2.24) is 15.1 Å². The van der Waals surface area contributed by atoms with Gasteiger partial charge in [0, 0.05) is 12.6 Å². The molecule has 140 valence electrons. The smallest absolute Gasteiger partial charge is 0.251 e. The fourth-order valence-electron chi connectivity index (χ4n) is 2.54. The van der Waals surface area contributed by atoms with Gasteiger partial charge in [-0.1, -0.05) is 29.8 Å². The molecule has 7 heteroatoms.